The van der Waals surface area contributed by atoms with E-state index in [2.05, 4.69) is 5.32 Å². The van der Waals surface area contributed by atoms with Crippen LogP contribution in [0.5, 0.6) is 0 Å². The molecule has 5 nitrogen and oxygen atoms in total. The Balaban J connectivity index is 1.72. The molecule has 3 rings (SSSR count). The van der Waals surface area contributed by atoms with Gasteiger partial charge in [0.15, 0.2) is 0 Å². The van der Waals surface area contributed by atoms with Crippen LogP contribution in [0.2, 0.25) is 0 Å². The molecule has 1 N–H and O–H groups in total. The third kappa shape index (κ3) is 4.70. The summed E-state index contributed by atoms with van der Waals surface area (Å²) >= 11 is 0. The second-order valence-corrected chi connectivity index (χ2v) is 10.0. The maximum Gasteiger partial charge on any atom is 0.243 e. The number of carbonyl (C=O) groups excluding carboxylic acids is 1. The topological polar surface area (TPSA) is 66.5 Å². The van der Waals surface area contributed by atoms with Gasteiger partial charge >= 0.3 is 0 Å². The summed E-state index contributed by atoms with van der Waals surface area (Å²) in [6.45, 7) is 7.01. The van der Waals surface area contributed by atoms with E-state index in [0.717, 1.165) is 23.1 Å². The smallest absolute Gasteiger partial charge is 0.243 e. The highest BCUT2D eigenvalue weighted by Gasteiger charge is 2.41. The Kier molecular flexibility index (Phi) is 6.44. The number of nitrogens with one attached hydrogen (secondary N) is 1. The molecule has 0 spiro atoms. The Labute approximate surface area is 174 Å². The van der Waals surface area contributed by atoms with E-state index in [0.29, 0.717) is 30.8 Å². The summed E-state index contributed by atoms with van der Waals surface area (Å²) in [5.74, 6) is -0.0954. The number of nitrogens with zero attached hydrogens (tertiary/aromatic N) is 1. The normalized spacial score (nSPS) is 20.4. The van der Waals surface area contributed by atoms with Crippen molar-refractivity contribution in [3.8, 4) is 0 Å². The molecule has 1 aliphatic rings. The first-order valence-electron chi connectivity index (χ1n) is 10.2. The van der Waals surface area contributed by atoms with E-state index < -0.39 is 15.4 Å². The molecule has 1 saturated heterocycles. The van der Waals surface area contributed by atoms with Crippen molar-refractivity contribution < 1.29 is 13.2 Å². The molecular weight excluding hydrogens is 384 g/mol. The summed E-state index contributed by atoms with van der Waals surface area (Å²) in [5.41, 5.74) is 2.56. The molecule has 6 heteroatoms. The van der Waals surface area contributed by atoms with Crippen molar-refractivity contribution >= 4 is 15.9 Å². The summed E-state index contributed by atoms with van der Waals surface area (Å²) < 4.78 is 27.7. The van der Waals surface area contributed by atoms with Crippen molar-refractivity contribution in [1.29, 1.82) is 0 Å². The van der Waals surface area contributed by atoms with Crippen LogP contribution in [0.1, 0.15) is 43.4 Å². The molecular formula is C23H30N2O3S. The third-order valence-electron chi connectivity index (χ3n) is 5.88. The van der Waals surface area contributed by atoms with Crippen LogP contribution in [0.3, 0.4) is 0 Å². The molecule has 156 valence electrons. The Hall–Kier alpha value is -2.18. The van der Waals surface area contributed by atoms with Crippen LogP contribution in [-0.4, -0.2) is 31.7 Å². The minimum absolute atomic E-state index is 0.0954. The van der Waals surface area contributed by atoms with Crippen molar-refractivity contribution in [2.45, 2.75) is 51.5 Å². The summed E-state index contributed by atoms with van der Waals surface area (Å²) in [4.78, 5) is 13.3. The van der Waals surface area contributed by atoms with Crippen LogP contribution in [0.25, 0.3) is 0 Å². The van der Waals surface area contributed by atoms with Gasteiger partial charge in [0.05, 0.1) is 10.3 Å². The van der Waals surface area contributed by atoms with E-state index in [1.807, 2.05) is 57.2 Å². The molecule has 1 amide bonds. The van der Waals surface area contributed by atoms with E-state index in [4.69, 9.17) is 0 Å². The average molecular weight is 415 g/mol. The van der Waals surface area contributed by atoms with Crippen LogP contribution in [0.15, 0.2) is 53.4 Å². The van der Waals surface area contributed by atoms with Crippen LogP contribution in [0.4, 0.5) is 0 Å². The van der Waals surface area contributed by atoms with Gasteiger partial charge in [-0.1, -0.05) is 43.3 Å². The molecule has 0 aromatic heterocycles. The van der Waals surface area contributed by atoms with Gasteiger partial charge in [-0.15, -0.1) is 0 Å². The number of hydrogen-bond acceptors (Lipinski definition) is 3. The molecule has 1 atom stereocenters. The second-order valence-electron chi connectivity index (χ2n) is 8.11. The lowest BCUT2D eigenvalue weighted by Gasteiger charge is -2.38. The number of aryl methyl sites for hydroxylation is 2. The zero-order valence-electron chi connectivity index (χ0n) is 17.4. The number of piperidine rings is 1. The maximum absolute atomic E-state index is 13.1. The minimum Gasteiger partial charge on any atom is -0.352 e. The van der Waals surface area contributed by atoms with Gasteiger partial charge in [0.1, 0.15) is 0 Å². The molecule has 2 aromatic carbocycles. The fraction of sp³-hybridized carbons (Fsp3) is 0.435. The number of amides is 1. The van der Waals surface area contributed by atoms with Crippen molar-refractivity contribution in [3.05, 3.63) is 65.2 Å². The minimum atomic E-state index is -3.61. The zero-order valence-corrected chi connectivity index (χ0v) is 18.3. The molecule has 1 heterocycles. The van der Waals surface area contributed by atoms with E-state index in [-0.39, 0.29) is 12.5 Å². The first-order chi connectivity index (χ1) is 13.8. The predicted molar refractivity (Wildman–Crippen MR) is 115 cm³/mol. The van der Waals surface area contributed by atoms with Gasteiger partial charge in [-0.3, -0.25) is 4.79 Å². The fourth-order valence-electron chi connectivity index (χ4n) is 3.83. The lowest BCUT2D eigenvalue weighted by molar-refractivity contribution is -0.132. The molecule has 2 aromatic rings. The van der Waals surface area contributed by atoms with Crippen LogP contribution >= 0.6 is 0 Å². The van der Waals surface area contributed by atoms with E-state index >= 15 is 0 Å². The molecule has 0 radical (unpaired) electrons. The van der Waals surface area contributed by atoms with Crippen molar-refractivity contribution in [3.63, 3.8) is 0 Å². The number of benzene rings is 2. The molecule has 29 heavy (non-hydrogen) atoms. The predicted octanol–water partition coefficient (Wildman–Crippen LogP) is 3.66. The van der Waals surface area contributed by atoms with Crippen LogP contribution in [0, 0.1) is 12.3 Å². The molecule has 0 saturated carbocycles. The standard InChI is InChI=1S/C23H30N2O3S/c1-4-19-10-12-21(13-11-19)29(27,28)25-15-7-14-23(3,17-25)22(26)24-16-20-9-6-5-8-18(20)2/h5-6,8-13H,4,7,14-17H2,1-3H3,(H,24,26)/t23-/m1/s1. The van der Waals surface area contributed by atoms with Gasteiger partial charge in [0, 0.05) is 19.6 Å². The summed E-state index contributed by atoms with van der Waals surface area (Å²) in [6.07, 6.45) is 2.21. The van der Waals surface area contributed by atoms with Gasteiger partial charge < -0.3 is 5.32 Å². The molecule has 1 fully saturated rings. The quantitative estimate of drug-likeness (QED) is 0.784. The molecule has 1 aliphatic heterocycles. The van der Waals surface area contributed by atoms with Gasteiger partial charge in [-0.25, -0.2) is 8.42 Å². The Morgan fingerprint density at radius 1 is 1.14 bits per heavy atom. The van der Waals surface area contributed by atoms with E-state index in [1.165, 1.54) is 4.31 Å². The van der Waals surface area contributed by atoms with Crippen LogP contribution < -0.4 is 5.32 Å². The maximum atomic E-state index is 13.1. The summed E-state index contributed by atoms with van der Waals surface area (Å²) in [5, 5.41) is 3.02. The number of hydrogen-bond donors (Lipinski definition) is 1. The third-order valence-corrected chi connectivity index (χ3v) is 7.74. The molecule has 0 aliphatic carbocycles. The summed E-state index contributed by atoms with van der Waals surface area (Å²) in [6, 6.07) is 15.0. The van der Waals surface area contributed by atoms with E-state index in [9.17, 15) is 13.2 Å². The Bertz CT molecular complexity index is 970. The van der Waals surface area contributed by atoms with Gasteiger partial charge in [0.2, 0.25) is 15.9 Å². The second kappa shape index (κ2) is 8.67. The number of rotatable bonds is 6. The largest absolute Gasteiger partial charge is 0.352 e. The van der Waals surface area contributed by atoms with E-state index in [1.54, 1.807) is 12.1 Å². The Morgan fingerprint density at radius 3 is 2.48 bits per heavy atom. The highest BCUT2D eigenvalue weighted by molar-refractivity contribution is 7.89. The van der Waals surface area contributed by atoms with Crippen LogP contribution in [-0.2, 0) is 27.8 Å². The monoisotopic (exact) mass is 414 g/mol. The SMILES string of the molecule is CCc1ccc(S(=O)(=O)N2CCC[C@@](C)(C(=O)NCc3ccccc3C)C2)cc1. The first-order valence-corrected chi connectivity index (χ1v) is 11.6. The zero-order chi connectivity index (χ0) is 21.1. The highest BCUT2D eigenvalue weighted by atomic mass is 32.2. The Morgan fingerprint density at radius 2 is 1.83 bits per heavy atom. The van der Waals surface area contributed by atoms with Gasteiger partial charge in [0.25, 0.3) is 0 Å². The number of sulfonamides is 1. The van der Waals surface area contributed by atoms with Crippen molar-refractivity contribution in [2.75, 3.05) is 13.1 Å². The number of carbonyl (C=O) groups is 1. The first kappa shape index (κ1) is 21.5. The fourth-order valence-corrected chi connectivity index (χ4v) is 5.43. The lowest BCUT2D eigenvalue weighted by Crippen LogP contribution is -2.51. The highest BCUT2D eigenvalue weighted by Crippen LogP contribution is 2.33. The van der Waals surface area contributed by atoms with Crippen molar-refractivity contribution in [2.24, 2.45) is 5.41 Å². The molecule has 0 unspecified atom stereocenters. The molecule has 0 bridgehead atoms. The van der Waals surface area contributed by atoms with Gasteiger partial charge in [-0.2, -0.15) is 4.31 Å². The van der Waals surface area contributed by atoms with Crippen molar-refractivity contribution in [1.82, 2.24) is 9.62 Å². The lowest BCUT2D eigenvalue weighted by atomic mass is 9.82. The van der Waals surface area contributed by atoms with Gasteiger partial charge in [-0.05, 0) is 61.9 Å². The average Bonchev–Trinajstić information content (AvgIpc) is 2.73. The summed E-state index contributed by atoms with van der Waals surface area (Å²) in [7, 11) is -3.61.